The first-order chi connectivity index (χ1) is 10.2. The van der Waals surface area contributed by atoms with E-state index in [4.69, 9.17) is 10.3 Å². The summed E-state index contributed by atoms with van der Waals surface area (Å²) >= 11 is 0. The summed E-state index contributed by atoms with van der Waals surface area (Å²) in [6.07, 6.45) is 3.55. The monoisotopic (exact) mass is 286 g/mol. The molecule has 1 aromatic carbocycles. The van der Waals surface area contributed by atoms with E-state index in [-0.39, 0.29) is 0 Å². The molecule has 5 heteroatoms. The molecule has 112 valence electrons. The summed E-state index contributed by atoms with van der Waals surface area (Å²) in [6, 6.07) is 9.38. The molecular weight excluding hydrogens is 264 g/mol. The van der Waals surface area contributed by atoms with Gasteiger partial charge in [0.15, 0.2) is 5.82 Å². The molecule has 5 nitrogen and oxygen atoms in total. The van der Waals surface area contributed by atoms with Gasteiger partial charge in [-0.3, -0.25) is 4.90 Å². The van der Waals surface area contributed by atoms with Crippen molar-refractivity contribution >= 4 is 0 Å². The number of rotatable bonds is 5. The fourth-order valence-corrected chi connectivity index (χ4v) is 2.95. The summed E-state index contributed by atoms with van der Waals surface area (Å²) in [5, 5.41) is 4.00. The van der Waals surface area contributed by atoms with Crippen LogP contribution in [-0.4, -0.2) is 27.6 Å². The maximum Gasteiger partial charge on any atom is 0.240 e. The maximum absolute atomic E-state index is 5.50. The second-order valence-corrected chi connectivity index (χ2v) is 5.76. The van der Waals surface area contributed by atoms with E-state index in [9.17, 15) is 0 Å². The molecule has 1 unspecified atom stereocenters. The molecule has 1 aromatic heterocycles. The molecule has 1 aliphatic heterocycles. The van der Waals surface area contributed by atoms with Crippen molar-refractivity contribution in [1.82, 2.24) is 15.0 Å². The molecule has 0 radical (unpaired) electrons. The molecule has 0 bridgehead atoms. The minimum absolute atomic E-state index is 0.305. The highest BCUT2D eigenvalue weighted by atomic mass is 16.5. The van der Waals surface area contributed by atoms with Gasteiger partial charge < -0.3 is 10.3 Å². The van der Waals surface area contributed by atoms with E-state index in [0.29, 0.717) is 18.5 Å². The van der Waals surface area contributed by atoms with Crippen molar-refractivity contribution in [3.8, 4) is 0 Å². The second-order valence-electron chi connectivity index (χ2n) is 5.76. The largest absolute Gasteiger partial charge is 0.338 e. The number of hydrogen-bond acceptors (Lipinski definition) is 5. The van der Waals surface area contributed by atoms with Crippen LogP contribution in [0.15, 0.2) is 28.8 Å². The van der Waals surface area contributed by atoms with Crippen LogP contribution in [0.5, 0.6) is 0 Å². The fraction of sp³-hybridized carbons (Fsp3) is 0.500. The van der Waals surface area contributed by atoms with Crippen molar-refractivity contribution < 1.29 is 4.52 Å². The van der Waals surface area contributed by atoms with E-state index in [1.165, 1.54) is 24.0 Å². The van der Waals surface area contributed by atoms with Gasteiger partial charge in [0.2, 0.25) is 5.89 Å². The van der Waals surface area contributed by atoms with Gasteiger partial charge >= 0.3 is 0 Å². The molecule has 2 aromatic rings. The van der Waals surface area contributed by atoms with Crippen molar-refractivity contribution in [2.24, 2.45) is 5.73 Å². The maximum atomic E-state index is 5.50. The van der Waals surface area contributed by atoms with E-state index in [0.717, 1.165) is 25.3 Å². The van der Waals surface area contributed by atoms with Crippen LogP contribution in [0.1, 0.15) is 35.7 Å². The Morgan fingerprint density at radius 3 is 2.86 bits per heavy atom. The first kappa shape index (κ1) is 14.2. The number of aromatic nitrogens is 2. The average Bonchev–Trinajstić information content (AvgIpc) is 3.12. The minimum Gasteiger partial charge on any atom is -0.338 e. The van der Waals surface area contributed by atoms with Gasteiger partial charge in [-0.2, -0.15) is 4.98 Å². The lowest BCUT2D eigenvalue weighted by molar-refractivity contribution is 0.234. The molecule has 0 spiro atoms. The highest BCUT2D eigenvalue weighted by Gasteiger charge is 2.26. The fourth-order valence-electron chi connectivity index (χ4n) is 2.95. The molecule has 0 aliphatic carbocycles. The van der Waals surface area contributed by atoms with Crippen LogP contribution in [0.25, 0.3) is 0 Å². The summed E-state index contributed by atoms with van der Waals surface area (Å²) in [6.45, 7) is 4.28. The summed E-state index contributed by atoms with van der Waals surface area (Å²) in [5.41, 5.74) is 8.21. The summed E-state index contributed by atoms with van der Waals surface area (Å²) in [7, 11) is 0. The number of likely N-dealkylation sites (tertiary alicyclic amines) is 1. The quantitative estimate of drug-likeness (QED) is 0.911. The van der Waals surface area contributed by atoms with Crippen molar-refractivity contribution in [2.75, 3.05) is 6.54 Å². The number of nitrogens with zero attached hydrogens (tertiary/aromatic N) is 3. The molecular formula is C16H22N4O. The SMILES string of the molecule is Cc1ccc(CC2CCCN2Cc2noc(CN)n2)cc1. The lowest BCUT2D eigenvalue weighted by atomic mass is 10.0. The van der Waals surface area contributed by atoms with Crippen molar-refractivity contribution in [3.63, 3.8) is 0 Å². The van der Waals surface area contributed by atoms with Gasteiger partial charge in [0, 0.05) is 6.04 Å². The van der Waals surface area contributed by atoms with Crippen LogP contribution in [0.2, 0.25) is 0 Å². The topological polar surface area (TPSA) is 68.2 Å². The Morgan fingerprint density at radius 2 is 2.14 bits per heavy atom. The van der Waals surface area contributed by atoms with Gasteiger partial charge in [-0.25, -0.2) is 0 Å². The lowest BCUT2D eigenvalue weighted by Gasteiger charge is -2.23. The zero-order valence-corrected chi connectivity index (χ0v) is 12.5. The van der Waals surface area contributed by atoms with Gasteiger partial charge in [-0.15, -0.1) is 0 Å². The highest BCUT2D eigenvalue weighted by molar-refractivity contribution is 5.22. The first-order valence-electron chi connectivity index (χ1n) is 7.55. The molecule has 2 heterocycles. The third kappa shape index (κ3) is 3.49. The van der Waals surface area contributed by atoms with Crippen molar-refractivity contribution in [1.29, 1.82) is 0 Å². The molecule has 1 atom stereocenters. The molecule has 0 amide bonds. The van der Waals surface area contributed by atoms with Crippen LogP contribution in [0.3, 0.4) is 0 Å². The van der Waals surface area contributed by atoms with E-state index < -0.39 is 0 Å². The molecule has 21 heavy (non-hydrogen) atoms. The number of aryl methyl sites for hydroxylation is 1. The zero-order valence-electron chi connectivity index (χ0n) is 12.5. The van der Waals surface area contributed by atoms with E-state index in [1.54, 1.807) is 0 Å². The molecule has 2 N–H and O–H groups in total. The van der Waals surface area contributed by atoms with Crippen LogP contribution < -0.4 is 5.73 Å². The van der Waals surface area contributed by atoms with E-state index >= 15 is 0 Å². The summed E-state index contributed by atoms with van der Waals surface area (Å²) < 4.78 is 5.08. The van der Waals surface area contributed by atoms with Gasteiger partial charge in [-0.05, 0) is 38.3 Å². The van der Waals surface area contributed by atoms with Crippen LogP contribution in [0.4, 0.5) is 0 Å². The average molecular weight is 286 g/mol. The van der Waals surface area contributed by atoms with E-state index in [2.05, 4.69) is 46.2 Å². The second kappa shape index (κ2) is 6.37. The molecule has 0 saturated carbocycles. The zero-order chi connectivity index (χ0) is 14.7. The Hall–Kier alpha value is -1.72. The Balaban J connectivity index is 1.63. The van der Waals surface area contributed by atoms with E-state index in [1.807, 2.05) is 0 Å². The van der Waals surface area contributed by atoms with Crippen LogP contribution in [-0.2, 0) is 19.5 Å². The number of benzene rings is 1. The number of hydrogen-bond donors (Lipinski definition) is 1. The smallest absolute Gasteiger partial charge is 0.240 e. The standard InChI is InChI=1S/C16H22N4O/c1-12-4-6-13(7-5-12)9-14-3-2-8-20(14)11-15-18-16(10-17)21-19-15/h4-7,14H,2-3,8-11,17H2,1H3. The Kier molecular flexibility index (Phi) is 4.31. The molecule has 3 rings (SSSR count). The van der Waals surface area contributed by atoms with Crippen LogP contribution in [0, 0.1) is 6.92 Å². The lowest BCUT2D eigenvalue weighted by Crippen LogP contribution is -2.31. The van der Waals surface area contributed by atoms with Gasteiger partial charge in [-0.1, -0.05) is 35.0 Å². The predicted octanol–water partition coefficient (Wildman–Crippen LogP) is 2.04. The normalized spacial score (nSPS) is 19.2. The Bertz CT molecular complexity index is 578. The summed E-state index contributed by atoms with van der Waals surface area (Å²) in [5.74, 6) is 1.26. The molecule has 1 saturated heterocycles. The third-order valence-electron chi connectivity index (χ3n) is 4.12. The van der Waals surface area contributed by atoms with Crippen molar-refractivity contribution in [2.45, 2.75) is 45.3 Å². The van der Waals surface area contributed by atoms with Gasteiger partial charge in [0.25, 0.3) is 0 Å². The molecule has 1 fully saturated rings. The highest BCUT2D eigenvalue weighted by Crippen LogP contribution is 2.22. The molecule has 1 aliphatic rings. The first-order valence-corrected chi connectivity index (χ1v) is 7.55. The Labute approximate surface area is 125 Å². The third-order valence-corrected chi connectivity index (χ3v) is 4.12. The Morgan fingerprint density at radius 1 is 1.33 bits per heavy atom. The minimum atomic E-state index is 0.305. The van der Waals surface area contributed by atoms with Crippen molar-refractivity contribution in [3.05, 3.63) is 47.1 Å². The summed E-state index contributed by atoms with van der Waals surface area (Å²) in [4.78, 5) is 6.75. The van der Waals surface area contributed by atoms with Gasteiger partial charge in [0.05, 0.1) is 13.1 Å². The predicted molar refractivity (Wildman–Crippen MR) is 80.5 cm³/mol. The van der Waals surface area contributed by atoms with Gasteiger partial charge in [0.1, 0.15) is 0 Å². The number of nitrogens with two attached hydrogens (primary N) is 1. The van der Waals surface area contributed by atoms with Crippen LogP contribution >= 0.6 is 0 Å².